The third-order valence-corrected chi connectivity index (χ3v) is 6.52. The number of aromatic nitrogens is 4. The van der Waals surface area contributed by atoms with E-state index in [1.165, 1.54) is 19.3 Å². The van der Waals surface area contributed by atoms with Crippen molar-refractivity contribution in [1.29, 1.82) is 0 Å². The zero-order chi connectivity index (χ0) is 22.9. The van der Waals surface area contributed by atoms with Gasteiger partial charge in [-0.3, -0.25) is 0 Å². The number of ether oxygens (including phenoxy) is 2. The van der Waals surface area contributed by atoms with Crippen LogP contribution in [0.25, 0.3) is 28.0 Å². The number of benzene rings is 2. The molecule has 0 spiro atoms. The molecule has 7 nitrogen and oxygen atoms in total. The predicted octanol–water partition coefficient (Wildman–Crippen LogP) is 4.87. The van der Waals surface area contributed by atoms with Crippen LogP contribution < -0.4 is 18.9 Å². The number of hydrogen-bond donors (Lipinski definition) is 1. The Morgan fingerprint density at radius 2 is 1.73 bits per heavy atom. The topological polar surface area (TPSA) is 67.2 Å². The summed E-state index contributed by atoms with van der Waals surface area (Å²) in [6.45, 7) is 4.01. The van der Waals surface area contributed by atoms with Crippen molar-refractivity contribution in [3.8, 4) is 28.7 Å². The number of anilines is 1. The van der Waals surface area contributed by atoms with E-state index in [2.05, 4.69) is 32.7 Å². The predicted molar refractivity (Wildman–Crippen MR) is 130 cm³/mol. The summed E-state index contributed by atoms with van der Waals surface area (Å²) in [6, 6.07) is 13.9. The van der Waals surface area contributed by atoms with Crippen LogP contribution >= 0.6 is 11.6 Å². The summed E-state index contributed by atoms with van der Waals surface area (Å²) in [7, 11) is 3.29. The van der Waals surface area contributed by atoms with Gasteiger partial charge in [-0.05, 0) is 66.9 Å². The molecule has 0 radical (unpaired) electrons. The summed E-state index contributed by atoms with van der Waals surface area (Å²) in [5.74, 6) is 2.72. The fourth-order valence-electron chi connectivity index (χ4n) is 4.58. The van der Waals surface area contributed by atoms with Crippen LogP contribution in [0.2, 0.25) is 5.02 Å². The fourth-order valence-corrected chi connectivity index (χ4v) is 4.80. The molecule has 4 aromatic rings. The van der Waals surface area contributed by atoms with Crippen LogP contribution in [0.5, 0.6) is 11.5 Å². The van der Waals surface area contributed by atoms with E-state index in [1.54, 1.807) is 14.2 Å². The molecule has 33 heavy (non-hydrogen) atoms. The highest BCUT2D eigenvalue weighted by Gasteiger charge is 2.27. The van der Waals surface area contributed by atoms with E-state index in [-0.39, 0.29) is 0 Å². The SMILES string of the molecule is COc1cc2cc(C)[n+](-c3nc(N4CCCCC4)n[nH]3)c(-c3ccccc3Cl)c2cc1OC. The standard InChI is InChI=1S/C25H27ClN5O2/c1-16-13-17-14-21(32-2)22(33-3)15-19(17)23(18-9-5-6-10-20(18)26)31(16)25-27-24(28-29-25)30-11-7-4-8-12-30/h5-6,9-10,13-15H,4,7-8,11-12H2,1-3H3,(H,27,28,29)/q+1. The Balaban J connectivity index is 1.78. The van der Waals surface area contributed by atoms with Gasteiger partial charge < -0.3 is 14.4 Å². The Morgan fingerprint density at radius 1 is 1.00 bits per heavy atom. The lowest BCUT2D eigenvalue weighted by molar-refractivity contribution is -0.597. The molecule has 0 unspecified atom stereocenters. The van der Waals surface area contributed by atoms with Crippen molar-refractivity contribution < 1.29 is 14.0 Å². The summed E-state index contributed by atoms with van der Waals surface area (Å²) in [5.41, 5.74) is 2.81. The van der Waals surface area contributed by atoms with Crippen molar-refractivity contribution in [2.45, 2.75) is 26.2 Å². The van der Waals surface area contributed by atoms with E-state index in [0.29, 0.717) is 22.5 Å². The molecule has 2 aromatic heterocycles. The maximum atomic E-state index is 6.71. The number of H-pyrrole nitrogens is 1. The van der Waals surface area contributed by atoms with Crippen molar-refractivity contribution in [3.63, 3.8) is 0 Å². The van der Waals surface area contributed by atoms with E-state index < -0.39 is 0 Å². The van der Waals surface area contributed by atoms with Crippen LogP contribution in [-0.2, 0) is 0 Å². The lowest BCUT2D eigenvalue weighted by Gasteiger charge is -2.23. The van der Waals surface area contributed by atoms with Gasteiger partial charge in [-0.1, -0.05) is 28.8 Å². The van der Waals surface area contributed by atoms with Gasteiger partial charge in [0.25, 0.3) is 0 Å². The molecular formula is C25H27ClN5O2+. The van der Waals surface area contributed by atoms with Crippen LogP contribution in [-0.4, -0.2) is 42.5 Å². The zero-order valence-corrected chi connectivity index (χ0v) is 19.8. The Hall–Kier alpha value is -3.32. The van der Waals surface area contributed by atoms with Gasteiger partial charge >= 0.3 is 11.9 Å². The van der Waals surface area contributed by atoms with Crippen molar-refractivity contribution in [2.75, 3.05) is 32.2 Å². The second-order valence-corrected chi connectivity index (χ2v) is 8.66. The van der Waals surface area contributed by atoms with E-state index in [4.69, 9.17) is 26.1 Å². The van der Waals surface area contributed by atoms with Gasteiger partial charge in [0, 0.05) is 24.0 Å². The van der Waals surface area contributed by atoms with E-state index in [0.717, 1.165) is 46.8 Å². The Bertz CT molecular complexity index is 1310. The second-order valence-electron chi connectivity index (χ2n) is 8.25. The summed E-state index contributed by atoms with van der Waals surface area (Å²) >= 11 is 6.71. The molecule has 5 rings (SSSR count). The third-order valence-electron chi connectivity index (χ3n) is 6.19. The first-order valence-electron chi connectivity index (χ1n) is 11.1. The number of rotatable bonds is 5. The number of hydrogen-bond acceptors (Lipinski definition) is 5. The molecule has 1 saturated heterocycles. The fraction of sp³-hybridized carbons (Fsp3) is 0.320. The first kappa shape index (κ1) is 21.5. The first-order valence-corrected chi connectivity index (χ1v) is 11.5. The maximum Gasteiger partial charge on any atom is 0.424 e. The molecule has 8 heteroatoms. The number of nitrogens with one attached hydrogen (secondary N) is 1. The molecular weight excluding hydrogens is 438 g/mol. The average Bonchev–Trinajstić information content (AvgIpc) is 3.33. The van der Waals surface area contributed by atoms with Crippen LogP contribution in [0, 0.1) is 6.92 Å². The highest BCUT2D eigenvalue weighted by atomic mass is 35.5. The van der Waals surface area contributed by atoms with Gasteiger partial charge in [0.15, 0.2) is 11.5 Å². The Labute approximate surface area is 197 Å². The lowest BCUT2D eigenvalue weighted by Crippen LogP contribution is -2.39. The largest absolute Gasteiger partial charge is 0.493 e. The zero-order valence-electron chi connectivity index (χ0n) is 19.1. The molecule has 1 aliphatic rings. The van der Waals surface area contributed by atoms with Crippen molar-refractivity contribution in [1.82, 2.24) is 15.2 Å². The normalized spacial score (nSPS) is 14.0. The highest BCUT2D eigenvalue weighted by Crippen LogP contribution is 2.38. The summed E-state index contributed by atoms with van der Waals surface area (Å²) in [6.07, 6.45) is 3.59. The monoisotopic (exact) mass is 464 g/mol. The van der Waals surface area contributed by atoms with E-state index in [9.17, 15) is 0 Å². The molecule has 0 amide bonds. The van der Waals surface area contributed by atoms with Gasteiger partial charge in [-0.2, -0.15) is 4.57 Å². The van der Waals surface area contributed by atoms with Gasteiger partial charge in [0.2, 0.25) is 0 Å². The lowest BCUT2D eigenvalue weighted by atomic mass is 10.0. The number of nitrogens with zero attached hydrogens (tertiary/aromatic N) is 4. The number of piperidine rings is 1. The number of aryl methyl sites for hydroxylation is 1. The molecule has 0 aliphatic carbocycles. The van der Waals surface area contributed by atoms with Gasteiger partial charge in [-0.15, -0.1) is 5.10 Å². The minimum atomic E-state index is 0.652. The number of pyridine rings is 1. The Morgan fingerprint density at radius 3 is 2.45 bits per heavy atom. The highest BCUT2D eigenvalue weighted by molar-refractivity contribution is 6.33. The molecule has 0 atom stereocenters. The molecule has 1 N–H and O–H groups in total. The Kier molecular flexibility index (Phi) is 5.81. The van der Waals surface area contributed by atoms with E-state index >= 15 is 0 Å². The van der Waals surface area contributed by atoms with Crippen LogP contribution in [0.1, 0.15) is 25.0 Å². The van der Waals surface area contributed by atoms with Crippen LogP contribution in [0.4, 0.5) is 5.95 Å². The summed E-state index contributed by atoms with van der Waals surface area (Å²) in [4.78, 5) is 7.13. The first-order chi connectivity index (χ1) is 16.1. The van der Waals surface area contributed by atoms with Crippen LogP contribution in [0.15, 0.2) is 42.5 Å². The van der Waals surface area contributed by atoms with Crippen molar-refractivity contribution in [2.24, 2.45) is 0 Å². The number of halogens is 1. The molecule has 0 saturated carbocycles. The quantitative estimate of drug-likeness (QED) is 0.427. The van der Waals surface area contributed by atoms with E-state index in [1.807, 2.05) is 36.4 Å². The van der Waals surface area contributed by atoms with Gasteiger partial charge in [0.1, 0.15) is 5.69 Å². The third kappa shape index (κ3) is 3.86. The van der Waals surface area contributed by atoms with Crippen molar-refractivity contribution in [3.05, 3.63) is 53.2 Å². The number of aromatic amines is 1. The molecule has 1 aliphatic heterocycles. The van der Waals surface area contributed by atoms with Crippen molar-refractivity contribution >= 4 is 28.3 Å². The minimum Gasteiger partial charge on any atom is -0.493 e. The second kappa shape index (κ2) is 8.90. The van der Waals surface area contributed by atoms with Crippen LogP contribution in [0.3, 0.4) is 0 Å². The number of fused-ring (bicyclic) bond motifs is 1. The smallest absolute Gasteiger partial charge is 0.424 e. The average molecular weight is 465 g/mol. The summed E-state index contributed by atoms with van der Waals surface area (Å²) in [5, 5.41) is 10.4. The van der Waals surface area contributed by atoms with Gasteiger partial charge in [0.05, 0.1) is 24.9 Å². The maximum absolute atomic E-state index is 6.71. The molecule has 0 bridgehead atoms. The minimum absolute atomic E-state index is 0.652. The summed E-state index contributed by atoms with van der Waals surface area (Å²) < 4.78 is 13.2. The van der Waals surface area contributed by atoms with Gasteiger partial charge in [-0.25, -0.2) is 0 Å². The number of methoxy groups -OCH3 is 2. The molecule has 2 aromatic carbocycles. The molecule has 3 heterocycles. The molecule has 1 fully saturated rings. The molecule has 170 valence electrons.